The van der Waals surface area contributed by atoms with Crippen LogP contribution in [0.2, 0.25) is 0 Å². The van der Waals surface area contributed by atoms with E-state index in [1.54, 1.807) is 6.92 Å². The first-order valence-electron chi connectivity index (χ1n) is 7.33. The lowest BCUT2D eigenvalue weighted by Gasteiger charge is -2.11. The number of aromatic hydroxyl groups is 4. The summed E-state index contributed by atoms with van der Waals surface area (Å²) in [5, 5.41) is 38.7. The Morgan fingerprint density at radius 1 is 0.846 bits per heavy atom. The Balaban J connectivity index is 2.37. The van der Waals surface area contributed by atoms with Crippen LogP contribution < -0.4 is 9.47 Å². The molecule has 2 aromatic rings. The molecule has 0 amide bonds. The van der Waals surface area contributed by atoms with Crippen molar-refractivity contribution < 1.29 is 44.2 Å². The summed E-state index contributed by atoms with van der Waals surface area (Å²) in [5.74, 6) is -5.14. The molecule has 0 fully saturated rings. The van der Waals surface area contributed by atoms with Crippen molar-refractivity contribution in [2.75, 3.05) is 13.7 Å². The summed E-state index contributed by atoms with van der Waals surface area (Å²) in [5.41, 5.74) is -0.353. The Labute approximate surface area is 147 Å². The first-order valence-corrected chi connectivity index (χ1v) is 7.33. The SMILES string of the molecule is CCOC(=O)c1cc(O)c(O)c(OC(=O)c2cc(O)c(O)c(OC)c2)c1. The topological polar surface area (TPSA) is 143 Å². The quantitative estimate of drug-likeness (QED) is 0.355. The average molecular weight is 364 g/mol. The van der Waals surface area contributed by atoms with Crippen molar-refractivity contribution in [1.82, 2.24) is 0 Å². The fourth-order valence-corrected chi connectivity index (χ4v) is 2.03. The van der Waals surface area contributed by atoms with E-state index in [1.807, 2.05) is 0 Å². The lowest BCUT2D eigenvalue weighted by Crippen LogP contribution is -2.10. The number of carbonyl (C=O) groups is 2. The lowest BCUT2D eigenvalue weighted by atomic mass is 10.1. The second-order valence-corrected chi connectivity index (χ2v) is 5.00. The Hall–Kier alpha value is -3.62. The number of hydrogen-bond donors (Lipinski definition) is 4. The molecule has 0 heterocycles. The molecule has 0 atom stereocenters. The van der Waals surface area contributed by atoms with Gasteiger partial charge in [-0.2, -0.15) is 0 Å². The van der Waals surface area contributed by atoms with Gasteiger partial charge < -0.3 is 34.6 Å². The van der Waals surface area contributed by atoms with E-state index in [9.17, 15) is 30.0 Å². The fourth-order valence-electron chi connectivity index (χ4n) is 2.03. The standard InChI is InChI=1S/C17H16O9/c1-3-25-16(22)8-4-11(19)15(21)13(7-8)26-17(23)9-5-10(18)14(20)12(6-9)24-2/h4-7,18-21H,3H2,1-2H3. The highest BCUT2D eigenvalue weighted by atomic mass is 16.5. The Bertz CT molecular complexity index is 858. The third kappa shape index (κ3) is 3.72. The van der Waals surface area contributed by atoms with E-state index < -0.39 is 40.7 Å². The molecule has 4 N–H and O–H groups in total. The van der Waals surface area contributed by atoms with Crippen LogP contribution in [0.5, 0.6) is 34.5 Å². The first kappa shape index (κ1) is 18.7. The molecule has 138 valence electrons. The van der Waals surface area contributed by atoms with Gasteiger partial charge in [0.25, 0.3) is 0 Å². The maximum atomic E-state index is 12.2. The van der Waals surface area contributed by atoms with Crippen molar-refractivity contribution in [2.45, 2.75) is 6.92 Å². The predicted octanol–water partition coefficient (Wildman–Crippen LogP) is 1.91. The third-order valence-electron chi connectivity index (χ3n) is 3.28. The van der Waals surface area contributed by atoms with Crippen LogP contribution in [0.4, 0.5) is 0 Å². The summed E-state index contributed by atoms with van der Waals surface area (Å²) in [7, 11) is 1.22. The van der Waals surface area contributed by atoms with Gasteiger partial charge in [0.15, 0.2) is 23.0 Å². The molecular formula is C17H16O9. The zero-order valence-electron chi connectivity index (χ0n) is 13.8. The smallest absolute Gasteiger partial charge is 0.343 e. The van der Waals surface area contributed by atoms with Gasteiger partial charge in [-0.1, -0.05) is 0 Å². The van der Waals surface area contributed by atoms with Gasteiger partial charge in [0.05, 0.1) is 24.8 Å². The van der Waals surface area contributed by atoms with E-state index in [4.69, 9.17) is 14.2 Å². The molecule has 0 radical (unpaired) electrons. The van der Waals surface area contributed by atoms with Gasteiger partial charge in [-0.3, -0.25) is 0 Å². The van der Waals surface area contributed by atoms with Gasteiger partial charge in [0, 0.05) is 0 Å². The molecular weight excluding hydrogens is 348 g/mol. The molecule has 2 aromatic carbocycles. The molecule has 0 saturated heterocycles. The zero-order valence-corrected chi connectivity index (χ0v) is 13.8. The van der Waals surface area contributed by atoms with Crippen molar-refractivity contribution in [3.63, 3.8) is 0 Å². The van der Waals surface area contributed by atoms with Crippen molar-refractivity contribution >= 4 is 11.9 Å². The van der Waals surface area contributed by atoms with Gasteiger partial charge in [0.1, 0.15) is 0 Å². The molecule has 26 heavy (non-hydrogen) atoms. The molecule has 9 heteroatoms. The number of esters is 2. The molecule has 0 aliphatic heterocycles. The fraction of sp³-hybridized carbons (Fsp3) is 0.176. The van der Waals surface area contributed by atoms with E-state index in [1.165, 1.54) is 7.11 Å². The molecule has 0 spiro atoms. The average Bonchev–Trinajstić information content (AvgIpc) is 2.60. The van der Waals surface area contributed by atoms with Crippen LogP contribution in [0.25, 0.3) is 0 Å². The van der Waals surface area contributed by atoms with Crippen LogP contribution in [0.1, 0.15) is 27.6 Å². The Morgan fingerprint density at radius 3 is 1.88 bits per heavy atom. The summed E-state index contributed by atoms with van der Waals surface area (Å²) in [6.07, 6.45) is 0. The number of carbonyl (C=O) groups excluding carboxylic acids is 2. The van der Waals surface area contributed by atoms with Gasteiger partial charge in [-0.15, -0.1) is 0 Å². The van der Waals surface area contributed by atoms with Crippen LogP contribution in [0.15, 0.2) is 24.3 Å². The van der Waals surface area contributed by atoms with Crippen LogP contribution in [-0.4, -0.2) is 46.1 Å². The summed E-state index contributed by atoms with van der Waals surface area (Å²) < 4.78 is 14.6. The van der Waals surface area contributed by atoms with Gasteiger partial charge in [0.2, 0.25) is 11.5 Å². The van der Waals surface area contributed by atoms with E-state index in [2.05, 4.69) is 0 Å². The van der Waals surface area contributed by atoms with Gasteiger partial charge in [-0.25, -0.2) is 9.59 Å². The Kier molecular flexibility index (Phi) is 5.41. The number of benzene rings is 2. The van der Waals surface area contributed by atoms with E-state index in [0.717, 1.165) is 24.3 Å². The van der Waals surface area contributed by atoms with E-state index in [0.29, 0.717) is 0 Å². The number of ether oxygens (including phenoxy) is 3. The van der Waals surface area contributed by atoms with Crippen LogP contribution >= 0.6 is 0 Å². The minimum Gasteiger partial charge on any atom is -0.504 e. The zero-order chi connectivity index (χ0) is 19.4. The summed E-state index contributed by atoms with van der Waals surface area (Å²) in [4.78, 5) is 24.0. The van der Waals surface area contributed by atoms with Gasteiger partial charge >= 0.3 is 11.9 Å². The molecule has 0 saturated carbocycles. The summed E-state index contributed by atoms with van der Waals surface area (Å²) >= 11 is 0. The van der Waals surface area contributed by atoms with Crippen molar-refractivity contribution in [1.29, 1.82) is 0 Å². The highest BCUT2D eigenvalue weighted by Gasteiger charge is 2.21. The molecule has 0 aromatic heterocycles. The minimum atomic E-state index is -1.05. The van der Waals surface area contributed by atoms with Crippen LogP contribution in [0.3, 0.4) is 0 Å². The van der Waals surface area contributed by atoms with E-state index in [-0.39, 0.29) is 23.5 Å². The summed E-state index contributed by atoms with van der Waals surface area (Å²) in [6, 6.07) is 4.00. The van der Waals surface area contributed by atoms with Crippen LogP contribution in [-0.2, 0) is 4.74 Å². The number of hydrogen-bond acceptors (Lipinski definition) is 9. The molecule has 2 rings (SSSR count). The maximum Gasteiger partial charge on any atom is 0.343 e. The molecule has 0 aliphatic rings. The van der Waals surface area contributed by atoms with Crippen molar-refractivity contribution in [3.05, 3.63) is 35.4 Å². The van der Waals surface area contributed by atoms with Gasteiger partial charge in [-0.05, 0) is 31.2 Å². The van der Waals surface area contributed by atoms with Crippen molar-refractivity contribution in [2.24, 2.45) is 0 Å². The highest BCUT2D eigenvalue weighted by molar-refractivity contribution is 5.94. The molecule has 9 nitrogen and oxygen atoms in total. The largest absolute Gasteiger partial charge is 0.504 e. The number of phenolic OH excluding ortho intramolecular Hbond substituents is 4. The maximum absolute atomic E-state index is 12.2. The van der Waals surface area contributed by atoms with E-state index >= 15 is 0 Å². The third-order valence-corrected chi connectivity index (χ3v) is 3.28. The molecule has 0 aliphatic carbocycles. The second kappa shape index (κ2) is 7.51. The number of phenols is 4. The highest BCUT2D eigenvalue weighted by Crippen LogP contribution is 2.39. The monoisotopic (exact) mass is 364 g/mol. The predicted molar refractivity (Wildman–Crippen MR) is 87.0 cm³/mol. The molecule has 0 unspecified atom stereocenters. The first-order chi connectivity index (χ1) is 12.3. The Morgan fingerprint density at radius 2 is 1.35 bits per heavy atom. The van der Waals surface area contributed by atoms with Crippen molar-refractivity contribution in [3.8, 4) is 34.5 Å². The molecule has 0 bridgehead atoms. The minimum absolute atomic E-state index is 0.0855. The van der Waals surface area contributed by atoms with Crippen LogP contribution in [0, 0.1) is 0 Å². The second-order valence-electron chi connectivity index (χ2n) is 5.00. The summed E-state index contributed by atoms with van der Waals surface area (Å²) in [6.45, 7) is 1.67. The lowest BCUT2D eigenvalue weighted by molar-refractivity contribution is 0.0523. The normalized spacial score (nSPS) is 10.2. The number of methoxy groups -OCH3 is 1. The number of rotatable bonds is 5.